The number of allylic oxidation sites excluding steroid dienone is 1. The van der Waals surface area contributed by atoms with Gasteiger partial charge < -0.3 is 4.74 Å². The van der Waals surface area contributed by atoms with E-state index in [4.69, 9.17) is 4.74 Å². The van der Waals surface area contributed by atoms with Crippen molar-refractivity contribution in [3.05, 3.63) is 41.0 Å². The largest absolute Gasteiger partial charge is 0.469 e. The third-order valence-corrected chi connectivity index (χ3v) is 5.63. The Hall–Kier alpha value is -1.22. The normalized spacial score (nSPS) is 24.9. The molecule has 2 nitrogen and oxygen atoms in total. The Morgan fingerprint density at radius 1 is 1.42 bits per heavy atom. The monoisotopic (exact) mass is 274 g/mol. The summed E-state index contributed by atoms with van der Waals surface area (Å²) in [5, 5.41) is 0. The van der Waals surface area contributed by atoms with Crippen molar-refractivity contribution in [3.8, 4) is 0 Å². The molecule has 0 spiro atoms. The minimum Gasteiger partial charge on any atom is -0.469 e. The van der Waals surface area contributed by atoms with E-state index in [1.165, 1.54) is 29.4 Å². The van der Waals surface area contributed by atoms with Crippen LogP contribution in [-0.4, -0.2) is 23.6 Å². The van der Waals surface area contributed by atoms with Crippen LogP contribution in [-0.2, 0) is 16.0 Å². The molecule has 1 aliphatic carbocycles. The van der Waals surface area contributed by atoms with Crippen LogP contribution in [0.2, 0.25) is 0 Å². The zero-order chi connectivity index (χ0) is 13.5. The van der Waals surface area contributed by atoms with Crippen molar-refractivity contribution in [2.75, 3.05) is 12.9 Å². The summed E-state index contributed by atoms with van der Waals surface area (Å²) >= 11 is 1.90. The maximum Gasteiger partial charge on any atom is 0.307 e. The van der Waals surface area contributed by atoms with Crippen LogP contribution in [0.5, 0.6) is 0 Å². The average molecular weight is 274 g/mol. The number of methoxy groups -OCH3 is 1. The fourth-order valence-corrected chi connectivity index (χ4v) is 4.54. The molecular formula is C16H18O2S. The first-order chi connectivity index (χ1) is 9.14. The Balaban J connectivity index is 1.99. The van der Waals surface area contributed by atoms with E-state index in [1.807, 2.05) is 11.8 Å². The summed E-state index contributed by atoms with van der Waals surface area (Å²) in [5.41, 5.74) is 5.72. The molecule has 1 heterocycles. The molecule has 1 atom stereocenters. The molecule has 0 radical (unpaired) electrons. The van der Waals surface area contributed by atoms with Gasteiger partial charge in [0.1, 0.15) is 0 Å². The van der Waals surface area contributed by atoms with E-state index >= 15 is 0 Å². The van der Waals surface area contributed by atoms with Gasteiger partial charge in [0.25, 0.3) is 0 Å². The molecule has 19 heavy (non-hydrogen) atoms. The molecule has 0 saturated carbocycles. The van der Waals surface area contributed by atoms with E-state index in [9.17, 15) is 4.79 Å². The first kappa shape index (κ1) is 12.8. The molecule has 3 rings (SSSR count). The minimum absolute atomic E-state index is 0.0975. The third kappa shape index (κ3) is 2.10. The highest BCUT2D eigenvalue weighted by atomic mass is 32.2. The molecule has 0 fully saturated rings. The van der Waals surface area contributed by atoms with Gasteiger partial charge in [0.05, 0.1) is 13.5 Å². The number of fused-ring (bicyclic) bond motifs is 2. The summed E-state index contributed by atoms with van der Waals surface area (Å²) in [5.74, 6) is 0.973. The van der Waals surface area contributed by atoms with Gasteiger partial charge in [-0.15, -0.1) is 0 Å². The van der Waals surface area contributed by atoms with Gasteiger partial charge in [-0.3, -0.25) is 4.79 Å². The second kappa shape index (κ2) is 4.71. The van der Waals surface area contributed by atoms with Crippen molar-refractivity contribution in [2.45, 2.75) is 30.9 Å². The average Bonchev–Trinajstić information content (AvgIpc) is 2.79. The van der Waals surface area contributed by atoms with E-state index in [0.717, 1.165) is 18.6 Å². The molecule has 1 aliphatic heterocycles. The van der Waals surface area contributed by atoms with Gasteiger partial charge in [-0.2, -0.15) is 11.8 Å². The Morgan fingerprint density at radius 3 is 3.00 bits per heavy atom. The number of ether oxygens (including phenoxy) is 1. The topological polar surface area (TPSA) is 26.3 Å². The second-order valence-electron chi connectivity index (χ2n) is 5.37. The highest BCUT2D eigenvalue weighted by Gasteiger charge is 2.40. The zero-order valence-corrected chi connectivity index (χ0v) is 12.2. The summed E-state index contributed by atoms with van der Waals surface area (Å²) in [4.78, 5) is 11.7. The number of esters is 1. The van der Waals surface area contributed by atoms with Crippen molar-refractivity contribution in [2.24, 2.45) is 0 Å². The zero-order valence-electron chi connectivity index (χ0n) is 11.4. The Morgan fingerprint density at radius 2 is 2.21 bits per heavy atom. The summed E-state index contributed by atoms with van der Waals surface area (Å²) < 4.78 is 4.77. The number of hydrogen-bond acceptors (Lipinski definition) is 3. The van der Waals surface area contributed by atoms with Crippen molar-refractivity contribution in [1.82, 2.24) is 0 Å². The number of benzene rings is 1. The fourth-order valence-electron chi connectivity index (χ4n) is 3.19. The Labute approximate surface area is 118 Å². The maximum atomic E-state index is 11.7. The first-order valence-electron chi connectivity index (χ1n) is 6.65. The van der Waals surface area contributed by atoms with E-state index < -0.39 is 0 Å². The predicted octanol–water partition coefficient (Wildman–Crippen LogP) is 3.46. The Bertz CT molecular complexity index is 562. The third-order valence-electron chi connectivity index (χ3n) is 4.19. The molecule has 3 heteroatoms. The van der Waals surface area contributed by atoms with Crippen LogP contribution in [0.3, 0.4) is 0 Å². The highest BCUT2D eigenvalue weighted by Crippen LogP contribution is 2.51. The number of hydrogen-bond donors (Lipinski definition) is 0. The van der Waals surface area contributed by atoms with Crippen molar-refractivity contribution < 1.29 is 9.53 Å². The lowest BCUT2D eigenvalue weighted by atomic mass is 9.90. The lowest BCUT2D eigenvalue weighted by Gasteiger charge is -2.34. The van der Waals surface area contributed by atoms with Gasteiger partial charge >= 0.3 is 5.97 Å². The lowest BCUT2D eigenvalue weighted by Crippen LogP contribution is -2.31. The number of carbonyl (C=O) groups is 1. The molecule has 0 bridgehead atoms. The van der Waals surface area contributed by atoms with Crippen LogP contribution in [0.15, 0.2) is 29.8 Å². The fraction of sp³-hybridized carbons (Fsp3) is 0.438. The summed E-state index contributed by atoms with van der Waals surface area (Å²) in [6.07, 6.45) is 2.58. The summed E-state index contributed by atoms with van der Waals surface area (Å²) in [6.45, 7) is 2.19. The first-order valence-corrected chi connectivity index (χ1v) is 7.64. The van der Waals surface area contributed by atoms with Gasteiger partial charge in [-0.25, -0.2) is 0 Å². The molecule has 0 aromatic heterocycles. The summed E-state index contributed by atoms with van der Waals surface area (Å²) in [7, 11) is 1.47. The predicted molar refractivity (Wildman–Crippen MR) is 79.2 cm³/mol. The molecule has 0 amide bonds. The second-order valence-corrected chi connectivity index (χ2v) is 6.97. The van der Waals surface area contributed by atoms with Crippen LogP contribution >= 0.6 is 11.8 Å². The van der Waals surface area contributed by atoms with Crippen LogP contribution in [0.4, 0.5) is 0 Å². The van der Waals surface area contributed by atoms with Gasteiger partial charge in [-0.05, 0) is 47.8 Å². The molecule has 1 unspecified atom stereocenters. The van der Waals surface area contributed by atoms with Crippen LogP contribution < -0.4 is 0 Å². The van der Waals surface area contributed by atoms with Gasteiger partial charge in [0.2, 0.25) is 0 Å². The van der Waals surface area contributed by atoms with E-state index in [2.05, 4.69) is 31.2 Å². The molecule has 1 aromatic carbocycles. The summed E-state index contributed by atoms with van der Waals surface area (Å²) in [6, 6.07) is 8.62. The van der Waals surface area contributed by atoms with E-state index in [0.29, 0.717) is 6.42 Å². The maximum absolute atomic E-state index is 11.7. The molecule has 100 valence electrons. The van der Waals surface area contributed by atoms with Crippen LogP contribution in [0.25, 0.3) is 5.57 Å². The quantitative estimate of drug-likeness (QED) is 0.773. The minimum atomic E-state index is -0.111. The molecule has 1 aromatic rings. The number of thioether (sulfide) groups is 1. The van der Waals surface area contributed by atoms with Gasteiger partial charge in [0.15, 0.2) is 0 Å². The van der Waals surface area contributed by atoms with Crippen molar-refractivity contribution in [3.63, 3.8) is 0 Å². The molecule has 0 saturated heterocycles. The number of carbonyl (C=O) groups excluding carboxylic acids is 1. The smallest absolute Gasteiger partial charge is 0.307 e. The van der Waals surface area contributed by atoms with Crippen LogP contribution in [0.1, 0.15) is 30.9 Å². The van der Waals surface area contributed by atoms with Crippen LogP contribution in [0, 0.1) is 0 Å². The Kier molecular flexibility index (Phi) is 3.17. The molecule has 2 aliphatic rings. The molecular weight excluding hydrogens is 256 g/mol. The van der Waals surface area contributed by atoms with E-state index in [1.54, 1.807) is 0 Å². The van der Waals surface area contributed by atoms with Crippen molar-refractivity contribution >= 4 is 23.3 Å². The van der Waals surface area contributed by atoms with E-state index in [-0.39, 0.29) is 10.7 Å². The highest BCUT2D eigenvalue weighted by molar-refractivity contribution is 8.00. The van der Waals surface area contributed by atoms with Crippen molar-refractivity contribution in [1.29, 1.82) is 0 Å². The SMILES string of the molecule is COC(=O)CC1(C)SCCC2=C1Cc1ccccc12. The number of rotatable bonds is 2. The standard InChI is InChI=1S/C16H18O2S/c1-16(10-15(17)18-2)14-9-11-5-3-4-6-12(11)13(14)7-8-19-16/h3-6H,7-10H2,1-2H3. The molecule has 0 N–H and O–H groups in total. The van der Waals surface area contributed by atoms with Gasteiger partial charge in [0, 0.05) is 4.75 Å². The lowest BCUT2D eigenvalue weighted by molar-refractivity contribution is -0.140. The van der Waals surface area contributed by atoms with Gasteiger partial charge in [-0.1, -0.05) is 24.3 Å².